The molecule has 0 amide bonds. The van der Waals surface area contributed by atoms with Crippen LogP contribution in [0.5, 0.6) is 11.5 Å². The second-order valence-electron chi connectivity index (χ2n) is 13.9. The van der Waals surface area contributed by atoms with Crippen LogP contribution in [-0.2, 0) is 63.0 Å². The Morgan fingerprint density at radius 3 is 1.86 bits per heavy atom. The average molecular weight is 1120 g/mol. The summed E-state index contributed by atoms with van der Waals surface area (Å²) in [6, 6.07) is 17.5. The number of fused-ring (bicyclic) bond motifs is 1. The molecule has 0 aromatic heterocycles. The first-order valence-electron chi connectivity index (χ1n) is 19.0. The Kier molecular flexibility index (Phi) is 17.3. The Hall–Kier alpha value is -6.68. The standard InChI is InChI=1S/C37H34N10O19S6/c1-61-29-18-28(25(38)17-26(29)39)44-41-20-2-4-22(5-3-20)47-70(53,54)23-8-6-21(7-9-23)42-46-36-32(72(58,59)60)15-19-14-30(67-65-63-49)35(37(48)33(19)34(36)40)45-43-27-11-10-24(16-31(27)71(55,56)57)69(51,52)13-12-62-68-66-64-50/h2-11,14-18,47-50H,12-13,38-40H2,1H3,(H,55,56,57)(H,58,59,60). The van der Waals surface area contributed by atoms with E-state index in [4.69, 9.17) is 36.6 Å². The highest BCUT2D eigenvalue weighted by atomic mass is 32.2. The number of phenols is 1. The van der Waals surface area contributed by atoms with Crippen molar-refractivity contribution in [2.24, 2.45) is 30.7 Å². The molecule has 6 rings (SSSR count). The van der Waals surface area contributed by atoms with Gasteiger partial charge in [-0.1, -0.05) is 10.1 Å². The number of nitrogen functional groups attached to an aromatic ring is 3. The Labute approximate surface area is 415 Å². The van der Waals surface area contributed by atoms with Gasteiger partial charge in [0, 0.05) is 11.8 Å². The van der Waals surface area contributed by atoms with Gasteiger partial charge in [0.25, 0.3) is 30.3 Å². The zero-order valence-electron chi connectivity index (χ0n) is 35.9. The van der Waals surface area contributed by atoms with Crippen LogP contribution < -0.4 is 26.7 Å². The Morgan fingerprint density at radius 2 is 1.24 bits per heavy atom. The molecule has 12 N–H and O–H groups in total. The summed E-state index contributed by atoms with van der Waals surface area (Å²) < 4.78 is 143. The lowest BCUT2D eigenvalue weighted by Crippen LogP contribution is -2.12. The van der Waals surface area contributed by atoms with Gasteiger partial charge in [-0.15, -0.1) is 29.1 Å². The number of methoxy groups -OCH3 is 1. The third kappa shape index (κ3) is 13.2. The first kappa shape index (κ1) is 54.6. The van der Waals surface area contributed by atoms with Gasteiger partial charge in [-0.2, -0.15) is 27.1 Å². The predicted molar refractivity (Wildman–Crippen MR) is 255 cm³/mol. The maximum atomic E-state index is 13.3. The number of hydrogen-bond donors (Lipinski definition) is 9. The quantitative estimate of drug-likeness (QED) is 0.00590. The van der Waals surface area contributed by atoms with Gasteiger partial charge in [-0.25, -0.2) is 27.4 Å². The van der Waals surface area contributed by atoms with E-state index in [1.54, 1.807) is 0 Å². The van der Waals surface area contributed by atoms with Gasteiger partial charge in [-0.05, 0) is 90.3 Å². The van der Waals surface area contributed by atoms with E-state index in [0.717, 1.165) is 36.4 Å². The van der Waals surface area contributed by atoms with Crippen molar-refractivity contribution in [2.75, 3.05) is 41.4 Å². The highest BCUT2D eigenvalue weighted by molar-refractivity contribution is 7.94. The molecule has 35 heteroatoms. The lowest BCUT2D eigenvalue weighted by atomic mass is 10.1. The number of anilines is 4. The summed E-state index contributed by atoms with van der Waals surface area (Å²) in [5.41, 5.74) is 16.7. The molecular formula is C37H34N10O19S6. The van der Waals surface area contributed by atoms with Crippen molar-refractivity contribution in [3.8, 4) is 11.5 Å². The summed E-state index contributed by atoms with van der Waals surface area (Å²) in [4.78, 5) is -3.26. The summed E-state index contributed by atoms with van der Waals surface area (Å²) >= 11 is 0.223. The van der Waals surface area contributed by atoms with Crippen molar-refractivity contribution in [1.82, 2.24) is 0 Å². The minimum atomic E-state index is -5.25. The van der Waals surface area contributed by atoms with Crippen LogP contribution in [0, 0.1) is 0 Å². The molecule has 72 heavy (non-hydrogen) atoms. The summed E-state index contributed by atoms with van der Waals surface area (Å²) in [5.74, 6) is -1.36. The number of benzene rings is 6. The molecule has 6 aromatic carbocycles. The van der Waals surface area contributed by atoms with Crippen molar-refractivity contribution in [1.29, 1.82) is 0 Å². The minimum Gasteiger partial charge on any atom is -0.505 e. The van der Waals surface area contributed by atoms with Crippen LogP contribution in [0.1, 0.15) is 0 Å². The number of sulfonamides is 1. The Bertz CT molecular complexity index is 3570. The van der Waals surface area contributed by atoms with Crippen molar-refractivity contribution in [3.05, 3.63) is 91.0 Å². The number of aromatic hydroxyl groups is 1. The zero-order valence-corrected chi connectivity index (χ0v) is 40.8. The number of nitrogens with zero attached hydrogens (tertiary/aromatic N) is 6. The number of ether oxygens (including phenoxy) is 1. The van der Waals surface area contributed by atoms with Gasteiger partial charge in [0.05, 0.1) is 80.0 Å². The summed E-state index contributed by atoms with van der Waals surface area (Å²) in [6.07, 6.45) is 0. The molecule has 0 saturated carbocycles. The van der Waals surface area contributed by atoms with Crippen molar-refractivity contribution in [2.45, 2.75) is 24.5 Å². The number of rotatable bonds is 22. The third-order valence-electron chi connectivity index (χ3n) is 9.30. The lowest BCUT2D eigenvalue weighted by Gasteiger charge is -2.14. The molecule has 29 nitrogen and oxygen atoms in total. The summed E-state index contributed by atoms with van der Waals surface area (Å²) in [7, 11) is -17.5. The molecule has 0 spiro atoms. The predicted octanol–water partition coefficient (Wildman–Crippen LogP) is 8.04. The summed E-state index contributed by atoms with van der Waals surface area (Å²) in [5, 5.41) is 58.4. The van der Waals surface area contributed by atoms with E-state index < -0.39 is 101 Å². The maximum Gasteiger partial charge on any atom is 0.296 e. The molecule has 0 aliphatic heterocycles. The van der Waals surface area contributed by atoms with E-state index in [-0.39, 0.29) is 62.3 Å². The number of nitrogens with one attached hydrogen (secondary N) is 1. The normalized spacial score (nSPS) is 12.7. The second kappa shape index (κ2) is 22.8. The van der Waals surface area contributed by atoms with Crippen LogP contribution in [0.15, 0.2) is 146 Å². The third-order valence-corrected chi connectivity index (χ3v) is 15.1. The SMILES string of the molecule is COc1cc(N=Nc2ccc(NS(=O)(=O)c3ccc(N=Nc4c(S(=O)(=O)O)cc5cc(SOOO)c(N=Nc6ccc(S(=O)(=O)CCOSOOO)cc6S(=O)(=O)O)c(O)c5c4N)cc3)cc2)c(N)cc1N. The van der Waals surface area contributed by atoms with Gasteiger partial charge in [-0.3, -0.25) is 18.0 Å². The summed E-state index contributed by atoms with van der Waals surface area (Å²) in [6.45, 7) is -0.549. The Balaban J connectivity index is 1.29. The monoisotopic (exact) mass is 1110 g/mol. The molecule has 0 unspecified atom stereocenters. The van der Waals surface area contributed by atoms with E-state index in [0.29, 0.717) is 23.2 Å². The topological polar surface area (TPSA) is 457 Å². The van der Waals surface area contributed by atoms with Gasteiger partial charge < -0.3 is 27.0 Å². The lowest BCUT2D eigenvalue weighted by molar-refractivity contribution is -0.434. The van der Waals surface area contributed by atoms with Crippen molar-refractivity contribution >= 4 is 132 Å². The average Bonchev–Trinajstić information content (AvgIpc) is 3.32. The zero-order chi connectivity index (χ0) is 52.6. The number of phenolic OH excluding ortho intramolecular Hbond substituents is 1. The molecule has 0 saturated heterocycles. The van der Waals surface area contributed by atoms with Gasteiger partial charge in [0.15, 0.2) is 27.9 Å². The van der Waals surface area contributed by atoms with Crippen molar-refractivity contribution < 1.29 is 86.1 Å². The first-order chi connectivity index (χ1) is 34.0. The molecule has 0 atom stereocenters. The molecule has 0 heterocycles. The first-order valence-corrected chi connectivity index (χ1v) is 26.5. The van der Waals surface area contributed by atoms with E-state index in [1.165, 1.54) is 55.6 Å². The Morgan fingerprint density at radius 1 is 0.639 bits per heavy atom. The van der Waals surface area contributed by atoms with Crippen LogP contribution >= 0.6 is 24.4 Å². The fourth-order valence-electron chi connectivity index (χ4n) is 6.02. The van der Waals surface area contributed by atoms with E-state index in [1.807, 2.05) is 0 Å². The van der Waals surface area contributed by atoms with E-state index in [2.05, 4.69) is 54.2 Å². The molecule has 0 aliphatic carbocycles. The van der Waals surface area contributed by atoms with Crippen LogP contribution in [0.3, 0.4) is 0 Å². The van der Waals surface area contributed by atoms with E-state index in [9.17, 15) is 47.9 Å². The van der Waals surface area contributed by atoms with Crippen molar-refractivity contribution in [3.63, 3.8) is 0 Å². The molecule has 0 radical (unpaired) electrons. The molecular weight excluding hydrogens is 1080 g/mol. The van der Waals surface area contributed by atoms with Gasteiger partial charge in [0.2, 0.25) is 0 Å². The fourth-order valence-corrected chi connectivity index (χ4v) is 10.4. The highest BCUT2D eigenvalue weighted by Crippen LogP contribution is 2.50. The molecule has 382 valence electrons. The minimum absolute atomic E-state index is 0.0704. The van der Waals surface area contributed by atoms with Gasteiger partial charge >= 0.3 is 0 Å². The number of sulfone groups is 1. The maximum absolute atomic E-state index is 13.3. The van der Waals surface area contributed by atoms with Crippen LogP contribution in [0.2, 0.25) is 0 Å². The van der Waals surface area contributed by atoms with Crippen LogP contribution in [0.25, 0.3) is 10.8 Å². The highest BCUT2D eigenvalue weighted by Gasteiger charge is 2.27. The number of nitrogens with two attached hydrogens (primary N) is 3. The number of azo groups is 3. The van der Waals surface area contributed by atoms with E-state index >= 15 is 0 Å². The molecule has 0 bridgehead atoms. The molecule has 0 aliphatic rings. The fraction of sp³-hybridized carbons (Fsp3) is 0.0811. The second-order valence-corrected chi connectivity index (χ2v) is 21.7. The van der Waals surface area contributed by atoms with Crippen LogP contribution in [0.4, 0.5) is 56.9 Å². The molecule has 6 aromatic rings. The molecule has 0 fully saturated rings. The number of hydrogen-bond acceptors (Lipinski definition) is 28. The smallest absolute Gasteiger partial charge is 0.296 e. The van der Waals surface area contributed by atoms with Gasteiger partial charge in [0.1, 0.15) is 38.3 Å². The van der Waals surface area contributed by atoms with Crippen LogP contribution in [-0.4, -0.2) is 77.9 Å². The largest absolute Gasteiger partial charge is 0.505 e.